The lowest BCUT2D eigenvalue weighted by atomic mass is 10.2. The lowest BCUT2D eigenvalue weighted by Crippen LogP contribution is -2.12. The molecule has 106 valence electrons. The first-order chi connectivity index (χ1) is 9.24. The molecule has 0 saturated carbocycles. The molecule has 0 bridgehead atoms. The van der Waals surface area contributed by atoms with Crippen LogP contribution >= 0.6 is 23.7 Å². The molecule has 1 aliphatic carbocycles. The summed E-state index contributed by atoms with van der Waals surface area (Å²) in [5.41, 5.74) is 2.32. The Kier molecular flexibility index (Phi) is 4.62. The zero-order chi connectivity index (χ0) is 13.2. The SMILES string of the molecule is Cl.Cn1nc2c(c1NC(=O)/C=C/c1cccs1)CCC2. The molecule has 1 N–H and O–H groups in total. The second-order valence-electron chi connectivity index (χ2n) is 4.59. The molecular weight excluding hydrogens is 294 g/mol. The van der Waals surface area contributed by atoms with Crippen molar-refractivity contribution in [1.29, 1.82) is 0 Å². The van der Waals surface area contributed by atoms with E-state index in [0.29, 0.717) is 0 Å². The van der Waals surface area contributed by atoms with Gasteiger partial charge in [0.1, 0.15) is 5.82 Å². The molecule has 0 unspecified atom stereocenters. The predicted octanol–water partition coefficient (Wildman–Crippen LogP) is 3.04. The fourth-order valence-corrected chi connectivity index (χ4v) is 3.00. The van der Waals surface area contributed by atoms with Crippen molar-refractivity contribution in [1.82, 2.24) is 9.78 Å². The number of rotatable bonds is 3. The number of aryl methyl sites for hydroxylation is 2. The number of carbonyl (C=O) groups is 1. The maximum absolute atomic E-state index is 11.9. The first kappa shape index (κ1) is 14.8. The quantitative estimate of drug-likeness (QED) is 0.886. The van der Waals surface area contributed by atoms with E-state index < -0.39 is 0 Å². The summed E-state index contributed by atoms with van der Waals surface area (Å²) in [5.74, 6) is 0.736. The molecule has 2 aromatic heterocycles. The molecule has 2 heterocycles. The van der Waals surface area contributed by atoms with Gasteiger partial charge in [0.2, 0.25) is 5.91 Å². The fraction of sp³-hybridized carbons (Fsp3) is 0.286. The monoisotopic (exact) mass is 309 g/mol. The fourth-order valence-electron chi connectivity index (χ4n) is 2.38. The van der Waals surface area contributed by atoms with Crippen LogP contribution < -0.4 is 5.32 Å². The number of halogens is 1. The van der Waals surface area contributed by atoms with Gasteiger partial charge in [-0.15, -0.1) is 23.7 Å². The van der Waals surface area contributed by atoms with Crippen LogP contribution in [0.1, 0.15) is 22.6 Å². The molecule has 0 spiro atoms. The highest BCUT2D eigenvalue weighted by molar-refractivity contribution is 7.10. The van der Waals surface area contributed by atoms with E-state index in [1.807, 2.05) is 30.6 Å². The zero-order valence-electron chi connectivity index (χ0n) is 11.1. The summed E-state index contributed by atoms with van der Waals surface area (Å²) < 4.78 is 1.76. The molecular formula is C14H16ClN3OS. The second kappa shape index (κ2) is 6.24. The van der Waals surface area contributed by atoms with Crippen LogP contribution in [0, 0.1) is 0 Å². The normalized spacial score (nSPS) is 13.2. The van der Waals surface area contributed by atoms with Gasteiger partial charge in [-0.05, 0) is 36.8 Å². The third-order valence-corrected chi connectivity index (χ3v) is 4.09. The summed E-state index contributed by atoms with van der Waals surface area (Å²) >= 11 is 1.61. The first-order valence-corrected chi connectivity index (χ1v) is 7.19. The second-order valence-corrected chi connectivity index (χ2v) is 5.57. The van der Waals surface area contributed by atoms with Gasteiger partial charge in [-0.1, -0.05) is 6.07 Å². The van der Waals surface area contributed by atoms with Crippen LogP contribution in [-0.4, -0.2) is 15.7 Å². The van der Waals surface area contributed by atoms with Crippen molar-refractivity contribution in [3.63, 3.8) is 0 Å². The number of hydrogen-bond acceptors (Lipinski definition) is 3. The number of hydrogen-bond donors (Lipinski definition) is 1. The number of aromatic nitrogens is 2. The summed E-state index contributed by atoms with van der Waals surface area (Å²) in [6, 6.07) is 3.95. The van der Waals surface area contributed by atoms with Gasteiger partial charge in [0.15, 0.2) is 0 Å². The summed E-state index contributed by atoms with van der Waals surface area (Å²) in [7, 11) is 1.87. The molecule has 0 fully saturated rings. The Hall–Kier alpha value is -1.59. The lowest BCUT2D eigenvalue weighted by molar-refractivity contribution is -0.111. The molecule has 0 saturated heterocycles. The molecule has 6 heteroatoms. The van der Waals surface area contributed by atoms with Crippen molar-refractivity contribution in [2.45, 2.75) is 19.3 Å². The summed E-state index contributed by atoms with van der Waals surface area (Å²) in [5, 5.41) is 9.36. The minimum absolute atomic E-state index is 0. The van der Waals surface area contributed by atoms with Gasteiger partial charge in [0.05, 0.1) is 5.69 Å². The molecule has 1 aliphatic rings. The highest BCUT2D eigenvalue weighted by atomic mass is 35.5. The number of anilines is 1. The van der Waals surface area contributed by atoms with Crippen LogP contribution in [0.2, 0.25) is 0 Å². The van der Waals surface area contributed by atoms with E-state index in [2.05, 4.69) is 10.4 Å². The van der Waals surface area contributed by atoms with Crippen LogP contribution in [0.25, 0.3) is 6.08 Å². The average Bonchev–Trinajstić information content (AvgIpc) is 3.07. The number of fused-ring (bicyclic) bond motifs is 1. The molecule has 0 aliphatic heterocycles. The highest BCUT2D eigenvalue weighted by Gasteiger charge is 2.21. The van der Waals surface area contributed by atoms with E-state index in [-0.39, 0.29) is 18.3 Å². The Morgan fingerprint density at radius 1 is 1.50 bits per heavy atom. The van der Waals surface area contributed by atoms with Gasteiger partial charge < -0.3 is 5.32 Å². The minimum atomic E-state index is -0.105. The van der Waals surface area contributed by atoms with Gasteiger partial charge in [-0.3, -0.25) is 9.48 Å². The van der Waals surface area contributed by atoms with E-state index in [0.717, 1.165) is 35.7 Å². The number of nitrogens with one attached hydrogen (secondary N) is 1. The minimum Gasteiger partial charge on any atom is -0.307 e. The summed E-state index contributed by atoms with van der Waals surface area (Å²) in [6.07, 6.45) is 6.56. The maximum atomic E-state index is 11.9. The maximum Gasteiger partial charge on any atom is 0.249 e. The van der Waals surface area contributed by atoms with Gasteiger partial charge in [-0.2, -0.15) is 5.10 Å². The smallest absolute Gasteiger partial charge is 0.249 e. The number of thiophene rings is 1. The van der Waals surface area contributed by atoms with Crippen molar-refractivity contribution in [3.05, 3.63) is 39.7 Å². The topological polar surface area (TPSA) is 46.9 Å². The Labute approximate surface area is 127 Å². The molecule has 4 nitrogen and oxygen atoms in total. The number of carbonyl (C=O) groups excluding carboxylic acids is 1. The van der Waals surface area contributed by atoms with Crippen molar-refractivity contribution in [3.8, 4) is 0 Å². The predicted molar refractivity (Wildman–Crippen MR) is 84.5 cm³/mol. The van der Waals surface area contributed by atoms with Gasteiger partial charge >= 0.3 is 0 Å². The lowest BCUT2D eigenvalue weighted by Gasteiger charge is -2.04. The first-order valence-electron chi connectivity index (χ1n) is 6.31. The molecule has 1 amide bonds. The average molecular weight is 310 g/mol. The van der Waals surface area contributed by atoms with E-state index in [9.17, 15) is 4.79 Å². The van der Waals surface area contributed by atoms with E-state index in [1.165, 1.54) is 5.56 Å². The highest BCUT2D eigenvalue weighted by Crippen LogP contribution is 2.27. The third-order valence-electron chi connectivity index (χ3n) is 3.25. The van der Waals surface area contributed by atoms with Crippen LogP contribution in [-0.2, 0) is 24.7 Å². The van der Waals surface area contributed by atoms with Gasteiger partial charge in [0.25, 0.3) is 0 Å². The van der Waals surface area contributed by atoms with E-state index >= 15 is 0 Å². The Morgan fingerprint density at radius 2 is 2.35 bits per heavy atom. The molecule has 20 heavy (non-hydrogen) atoms. The molecule has 3 rings (SSSR count). The van der Waals surface area contributed by atoms with Crippen LogP contribution in [0.3, 0.4) is 0 Å². The molecule has 0 radical (unpaired) electrons. The Morgan fingerprint density at radius 3 is 3.10 bits per heavy atom. The van der Waals surface area contributed by atoms with Crippen molar-refractivity contribution in [2.24, 2.45) is 7.05 Å². The number of amides is 1. The standard InChI is InChI=1S/C14H15N3OS.ClH/c1-17-14(11-5-2-6-12(11)16-17)15-13(18)8-7-10-4-3-9-19-10;/h3-4,7-9H,2,5-6H2,1H3,(H,15,18);1H/b8-7+;. The van der Waals surface area contributed by atoms with Crippen LogP contribution in [0.15, 0.2) is 23.6 Å². The van der Waals surface area contributed by atoms with Crippen molar-refractivity contribution < 1.29 is 4.79 Å². The Balaban J connectivity index is 0.00000147. The van der Waals surface area contributed by atoms with E-state index in [4.69, 9.17) is 0 Å². The molecule has 0 atom stereocenters. The van der Waals surface area contributed by atoms with Crippen LogP contribution in [0.5, 0.6) is 0 Å². The summed E-state index contributed by atoms with van der Waals surface area (Å²) in [6.45, 7) is 0. The largest absolute Gasteiger partial charge is 0.307 e. The van der Waals surface area contributed by atoms with Crippen LogP contribution in [0.4, 0.5) is 5.82 Å². The third kappa shape index (κ3) is 2.94. The Bertz CT molecular complexity index is 631. The molecule has 0 aromatic carbocycles. The van der Waals surface area contributed by atoms with Crippen molar-refractivity contribution >= 4 is 41.5 Å². The van der Waals surface area contributed by atoms with Crippen molar-refractivity contribution in [2.75, 3.05) is 5.32 Å². The summed E-state index contributed by atoms with van der Waals surface area (Å²) in [4.78, 5) is 13.0. The molecule has 2 aromatic rings. The number of nitrogens with zero attached hydrogens (tertiary/aromatic N) is 2. The van der Waals surface area contributed by atoms with Gasteiger partial charge in [0, 0.05) is 23.6 Å². The zero-order valence-corrected chi connectivity index (χ0v) is 12.8. The van der Waals surface area contributed by atoms with E-state index in [1.54, 1.807) is 22.1 Å². The van der Waals surface area contributed by atoms with Gasteiger partial charge in [-0.25, -0.2) is 0 Å².